The van der Waals surface area contributed by atoms with Gasteiger partial charge in [0.05, 0.1) is 27.6 Å². The second kappa shape index (κ2) is 8.30. The zero-order valence-electron chi connectivity index (χ0n) is 23.0. The molecular weight excluding hydrogens is 526 g/mol. The number of rotatable bonds is 2. The van der Waals surface area contributed by atoms with E-state index in [0.717, 1.165) is 44.2 Å². The van der Waals surface area contributed by atoms with Crippen LogP contribution in [0.4, 0.5) is 0 Å². The molecule has 10 aromatic rings. The van der Waals surface area contributed by atoms with Gasteiger partial charge < -0.3 is 9.13 Å². The third kappa shape index (κ3) is 2.95. The van der Waals surface area contributed by atoms with Gasteiger partial charge in [-0.25, -0.2) is 4.98 Å². The monoisotopic (exact) mass is 549 g/mol. The largest absolute Gasteiger partial charge is 0.307 e. The van der Waals surface area contributed by atoms with Gasteiger partial charge in [-0.1, -0.05) is 66.7 Å². The first-order chi connectivity index (χ1) is 21.4. The summed E-state index contributed by atoms with van der Waals surface area (Å²) in [7, 11) is 0. The Morgan fingerprint density at radius 3 is 1.88 bits per heavy atom. The molecule has 0 amide bonds. The Hall–Kier alpha value is -5.94. The Bertz CT molecular complexity index is 2710. The van der Waals surface area contributed by atoms with Gasteiger partial charge >= 0.3 is 0 Å². The van der Waals surface area contributed by atoms with E-state index in [1.807, 2.05) is 24.8 Å². The fourth-order valence-electron chi connectivity index (χ4n) is 7.19. The molecule has 0 saturated carbocycles. The lowest BCUT2D eigenvalue weighted by atomic mass is 10.0. The maximum absolute atomic E-state index is 4.81. The van der Waals surface area contributed by atoms with Crippen molar-refractivity contribution in [1.29, 1.82) is 0 Å². The molecule has 5 aromatic heterocycles. The SMILES string of the molecule is c1ccc(-n2c3ccccc3c3ccc4c5cc6c(cc5n(-c5ccccc5)c4c32)c2cnccc2n2ccnc62)cc1. The average molecular weight is 550 g/mol. The first-order valence-corrected chi connectivity index (χ1v) is 14.5. The molecule has 0 radical (unpaired) electrons. The Morgan fingerprint density at radius 2 is 1.12 bits per heavy atom. The molecule has 0 N–H and O–H groups in total. The highest BCUT2D eigenvalue weighted by Gasteiger charge is 2.22. The van der Waals surface area contributed by atoms with Crippen molar-refractivity contribution in [3.8, 4) is 11.4 Å². The van der Waals surface area contributed by atoms with E-state index in [1.165, 1.54) is 38.1 Å². The van der Waals surface area contributed by atoms with Gasteiger partial charge in [-0.15, -0.1) is 0 Å². The van der Waals surface area contributed by atoms with Crippen molar-refractivity contribution < 1.29 is 0 Å². The van der Waals surface area contributed by atoms with Crippen molar-refractivity contribution in [2.75, 3.05) is 0 Å². The molecule has 5 heteroatoms. The zero-order chi connectivity index (χ0) is 28.1. The van der Waals surface area contributed by atoms with Crippen molar-refractivity contribution in [2.24, 2.45) is 0 Å². The molecule has 0 spiro atoms. The first-order valence-electron chi connectivity index (χ1n) is 14.5. The van der Waals surface area contributed by atoms with Crippen LogP contribution >= 0.6 is 0 Å². The standard InChI is InChI=1S/C38H23N5/c1-3-9-24(10-4-1)42-34-14-8-7-13-26(34)27-15-16-28-30-21-31-29(32-23-39-18-17-33(32)41-20-19-40-38(31)41)22-35(30)43(37(28)36(27)42)25-11-5-2-6-12-25/h1-23H. The molecule has 200 valence electrons. The molecular formula is C38H23N5. The number of aromatic nitrogens is 5. The van der Waals surface area contributed by atoms with Gasteiger partial charge in [0.25, 0.3) is 0 Å². The Kier molecular flexibility index (Phi) is 4.39. The van der Waals surface area contributed by atoms with E-state index in [1.54, 1.807) is 0 Å². The van der Waals surface area contributed by atoms with Gasteiger partial charge in [-0.2, -0.15) is 0 Å². The summed E-state index contributed by atoms with van der Waals surface area (Å²) in [6.45, 7) is 0. The van der Waals surface area contributed by atoms with Crippen LogP contribution in [0.1, 0.15) is 0 Å². The van der Waals surface area contributed by atoms with E-state index < -0.39 is 0 Å². The smallest absolute Gasteiger partial charge is 0.145 e. The second-order valence-electron chi connectivity index (χ2n) is 11.1. The Labute approximate surface area is 245 Å². The van der Waals surface area contributed by atoms with E-state index in [2.05, 4.69) is 134 Å². The lowest BCUT2D eigenvalue weighted by Crippen LogP contribution is -1.98. The number of pyridine rings is 2. The fraction of sp³-hybridized carbons (Fsp3) is 0. The number of benzene rings is 5. The number of hydrogen-bond donors (Lipinski definition) is 0. The van der Waals surface area contributed by atoms with E-state index >= 15 is 0 Å². The third-order valence-corrected chi connectivity index (χ3v) is 8.96. The van der Waals surface area contributed by atoms with Gasteiger partial charge in [0.1, 0.15) is 5.65 Å². The highest BCUT2D eigenvalue weighted by atomic mass is 15.0. The van der Waals surface area contributed by atoms with Crippen LogP contribution in [0.5, 0.6) is 0 Å². The zero-order valence-corrected chi connectivity index (χ0v) is 23.0. The number of imidazole rings is 1. The first kappa shape index (κ1) is 22.7. The minimum absolute atomic E-state index is 0.954. The predicted octanol–water partition coefficient (Wildman–Crippen LogP) is 9.23. The Balaban J connectivity index is 1.50. The summed E-state index contributed by atoms with van der Waals surface area (Å²) in [5.41, 5.74) is 9.08. The topological polar surface area (TPSA) is 40.0 Å². The molecule has 5 nitrogen and oxygen atoms in total. The van der Waals surface area contributed by atoms with E-state index in [0.29, 0.717) is 0 Å². The van der Waals surface area contributed by atoms with Crippen LogP contribution in [-0.2, 0) is 0 Å². The lowest BCUT2D eigenvalue weighted by Gasteiger charge is -2.13. The van der Waals surface area contributed by atoms with Gasteiger partial charge in [0.2, 0.25) is 0 Å². The highest BCUT2D eigenvalue weighted by molar-refractivity contribution is 6.26. The van der Waals surface area contributed by atoms with Crippen LogP contribution in [0.25, 0.3) is 82.3 Å². The molecule has 0 atom stereocenters. The fourth-order valence-corrected chi connectivity index (χ4v) is 7.19. The van der Waals surface area contributed by atoms with Crippen molar-refractivity contribution in [3.63, 3.8) is 0 Å². The summed E-state index contributed by atoms with van der Waals surface area (Å²) in [4.78, 5) is 9.34. The molecule has 5 heterocycles. The van der Waals surface area contributed by atoms with Crippen LogP contribution in [0, 0.1) is 0 Å². The molecule has 0 aliphatic heterocycles. The van der Waals surface area contributed by atoms with Crippen molar-refractivity contribution in [1.82, 2.24) is 23.5 Å². The van der Waals surface area contributed by atoms with Crippen LogP contribution in [0.15, 0.2) is 140 Å². The normalized spacial score (nSPS) is 12.2. The van der Waals surface area contributed by atoms with Gasteiger partial charge in [0, 0.05) is 68.5 Å². The van der Waals surface area contributed by atoms with E-state index in [4.69, 9.17) is 4.98 Å². The molecule has 0 aliphatic carbocycles. The lowest BCUT2D eigenvalue weighted by molar-refractivity contribution is 1.15. The van der Waals surface area contributed by atoms with Gasteiger partial charge in [0.15, 0.2) is 0 Å². The third-order valence-electron chi connectivity index (χ3n) is 8.96. The summed E-state index contributed by atoms with van der Waals surface area (Å²) in [6, 6.07) is 41.5. The number of fused-ring (bicyclic) bond motifs is 13. The minimum Gasteiger partial charge on any atom is -0.307 e. The van der Waals surface area contributed by atoms with E-state index in [-0.39, 0.29) is 0 Å². The summed E-state index contributed by atoms with van der Waals surface area (Å²) in [6.07, 6.45) is 7.75. The summed E-state index contributed by atoms with van der Waals surface area (Å²) in [5, 5.41) is 8.27. The van der Waals surface area contributed by atoms with Crippen LogP contribution < -0.4 is 0 Å². The highest BCUT2D eigenvalue weighted by Crippen LogP contribution is 2.43. The molecule has 0 saturated heterocycles. The molecule has 5 aromatic carbocycles. The molecule has 0 unspecified atom stereocenters. The van der Waals surface area contributed by atoms with Crippen LogP contribution in [0.3, 0.4) is 0 Å². The van der Waals surface area contributed by atoms with E-state index in [9.17, 15) is 0 Å². The summed E-state index contributed by atoms with van der Waals surface area (Å²) in [5.74, 6) is 0. The maximum Gasteiger partial charge on any atom is 0.145 e. The number of hydrogen-bond acceptors (Lipinski definition) is 2. The second-order valence-corrected chi connectivity index (χ2v) is 11.1. The molecule has 0 bridgehead atoms. The van der Waals surface area contributed by atoms with Crippen molar-refractivity contribution >= 4 is 70.9 Å². The summed E-state index contributed by atoms with van der Waals surface area (Å²) >= 11 is 0. The molecule has 0 fully saturated rings. The van der Waals surface area contributed by atoms with Crippen molar-refractivity contribution in [2.45, 2.75) is 0 Å². The average Bonchev–Trinajstić information content (AvgIpc) is 3.78. The minimum atomic E-state index is 0.954. The number of para-hydroxylation sites is 3. The predicted molar refractivity (Wildman–Crippen MR) is 177 cm³/mol. The molecule has 0 aliphatic rings. The van der Waals surface area contributed by atoms with Gasteiger partial charge in [-0.05, 0) is 53.9 Å². The van der Waals surface area contributed by atoms with Gasteiger partial charge in [-0.3, -0.25) is 9.38 Å². The molecule has 43 heavy (non-hydrogen) atoms. The summed E-state index contributed by atoms with van der Waals surface area (Å²) < 4.78 is 7.05. The van der Waals surface area contributed by atoms with Crippen LogP contribution in [-0.4, -0.2) is 23.5 Å². The molecule has 10 rings (SSSR count). The van der Waals surface area contributed by atoms with Crippen molar-refractivity contribution in [3.05, 3.63) is 140 Å². The van der Waals surface area contributed by atoms with Crippen LogP contribution in [0.2, 0.25) is 0 Å². The Morgan fingerprint density at radius 1 is 0.442 bits per heavy atom. The number of nitrogens with zero attached hydrogens (tertiary/aromatic N) is 5. The quantitative estimate of drug-likeness (QED) is 0.202. The maximum atomic E-state index is 4.81.